The van der Waals surface area contributed by atoms with Crippen LogP contribution in [0, 0.1) is 0 Å². The Balaban J connectivity index is -0.000000238. The molecule has 122 valence electrons. The van der Waals surface area contributed by atoms with Crippen molar-refractivity contribution in [3.8, 4) is 0 Å². The van der Waals surface area contributed by atoms with Gasteiger partial charge >= 0.3 is 0 Å². The molecule has 0 atom stereocenters. The number of carbonyl (C=O) groups is 2. The molecule has 0 radical (unpaired) electrons. The molecule has 8 nitrogen and oxygen atoms in total. The molecule has 0 unspecified atom stereocenters. The zero-order valence-electron chi connectivity index (χ0n) is 13.2. The number of aliphatic carboxylic acids is 2. The SMILES string of the molecule is C=Cn1ccnc1.C=Cn1ccnc1.CC(=O)O.CC(=O)O.[Zn]. The minimum absolute atomic E-state index is 0. The molecule has 2 aromatic heterocycles. The maximum absolute atomic E-state index is 9.00. The van der Waals surface area contributed by atoms with E-state index in [2.05, 4.69) is 23.1 Å². The molecule has 0 aliphatic rings. The standard InChI is InChI=1S/2C5H6N2.2C2H4O2.Zn/c2*1-2-7-4-3-6-5-7;2*1-2(3)4;/h2*2-5H,1H2;2*1H3,(H,3,4);. The Morgan fingerprint density at radius 2 is 1.17 bits per heavy atom. The molecule has 0 aromatic carbocycles. The first-order valence-electron chi connectivity index (χ1n) is 5.92. The van der Waals surface area contributed by atoms with E-state index in [9.17, 15) is 0 Å². The number of hydrogen-bond acceptors (Lipinski definition) is 4. The fourth-order valence-electron chi connectivity index (χ4n) is 0.755. The Morgan fingerprint density at radius 1 is 0.913 bits per heavy atom. The zero-order chi connectivity index (χ0) is 17.4. The van der Waals surface area contributed by atoms with Crippen LogP contribution < -0.4 is 0 Å². The summed E-state index contributed by atoms with van der Waals surface area (Å²) in [6.07, 6.45) is 13.8. The van der Waals surface area contributed by atoms with E-state index in [4.69, 9.17) is 19.8 Å². The van der Waals surface area contributed by atoms with Crippen molar-refractivity contribution in [2.24, 2.45) is 0 Å². The predicted octanol–water partition coefficient (Wildman–Crippen LogP) is 2.15. The maximum atomic E-state index is 9.00. The van der Waals surface area contributed by atoms with Crippen LogP contribution in [-0.4, -0.2) is 41.3 Å². The molecule has 0 amide bonds. The van der Waals surface area contributed by atoms with Crippen molar-refractivity contribution in [3.63, 3.8) is 0 Å². The van der Waals surface area contributed by atoms with Crippen molar-refractivity contribution in [3.05, 3.63) is 50.6 Å². The van der Waals surface area contributed by atoms with Gasteiger partial charge in [0, 0.05) is 70.5 Å². The summed E-state index contributed by atoms with van der Waals surface area (Å²) in [5, 5.41) is 14.8. The molecule has 2 heterocycles. The van der Waals surface area contributed by atoms with E-state index >= 15 is 0 Å². The number of carboxylic acids is 2. The smallest absolute Gasteiger partial charge is 0.300 e. The van der Waals surface area contributed by atoms with Crippen molar-refractivity contribution in [1.82, 2.24) is 19.1 Å². The average molecular weight is 374 g/mol. The van der Waals surface area contributed by atoms with E-state index in [1.165, 1.54) is 0 Å². The Bertz CT molecular complexity index is 481. The van der Waals surface area contributed by atoms with E-state index in [0.29, 0.717) is 0 Å². The third-order valence-corrected chi connectivity index (χ3v) is 1.47. The van der Waals surface area contributed by atoms with Gasteiger partial charge < -0.3 is 19.3 Å². The minimum atomic E-state index is -0.833. The second kappa shape index (κ2) is 17.5. The second-order valence-electron chi connectivity index (χ2n) is 3.42. The molecule has 0 aliphatic heterocycles. The van der Waals surface area contributed by atoms with Crippen LogP contribution in [-0.2, 0) is 29.1 Å². The molecule has 0 fully saturated rings. The topological polar surface area (TPSA) is 110 Å². The molecule has 2 rings (SSSR count). The average Bonchev–Trinajstić information content (AvgIpc) is 3.11. The van der Waals surface area contributed by atoms with Crippen LogP contribution in [0.1, 0.15) is 13.8 Å². The molecule has 0 saturated heterocycles. The van der Waals surface area contributed by atoms with Crippen LogP contribution in [0.3, 0.4) is 0 Å². The van der Waals surface area contributed by atoms with Gasteiger partial charge in [0.25, 0.3) is 11.9 Å². The van der Waals surface area contributed by atoms with Crippen LogP contribution in [0.5, 0.6) is 0 Å². The quantitative estimate of drug-likeness (QED) is 0.780. The first-order chi connectivity index (χ1) is 10.3. The van der Waals surface area contributed by atoms with Crippen LogP contribution in [0.15, 0.2) is 50.6 Å². The summed E-state index contributed by atoms with van der Waals surface area (Å²) in [5.74, 6) is -1.67. The summed E-state index contributed by atoms with van der Waals surface area (Å²) in [6.45, 7) is 9.22. The number of nitrogens with zero attached hydrogens (tertiary/aromatic N) is 4. The Hall–Kier alpha value is -2.54. The van der Waals surface area contributed by atoms with Crippen LogP contribution in [0.4, 0.5) is 0 Å². The molecule has 0 bridgehead atoms. The minimum Gasteiger partial charge on any atom is -0.481 e. The Kier molecular flexibility index (Phi) is 19.4. The van der Waals surface area contributed by atoms with Gasteiger partial charge in [0.15, 0.2) is 0 Å². The summed E-state index contributed by atoms with van der Waals surface area (Å²) in [4.78, 5) is 25.6. The Morgan fingerprint density at radius 3 is 1.26 bits per heavy atom. The molecule has 9 heteroatoms. The van der Waals surface area contributed by atoms with E-state index in [1.54, 1.807) is 46.6 Å². The van der Waals surface area contributed by atoms with Crippen molar-refractivity contribution in [2.75, 3.05) is 0 Å². The van der Waals surface area contributed by atoms with Crippen LogP contribution >= 0.6 is 0 Å². The predicted molar refractivity (Wildman–Crippen MR) is 83.8 cm³/mol. The van der Waals surface area contributed by atoms with Crippen molar-refractivity contribution < 1.29 is 39.3 Å². The van der Waals surface area contributed by atoms with Gasteiger partial charge in [-0.2, -0.15) is 0 Å². The summed E-state index contributed by atoms with van der Waals surface area (Å²) < 4.78 is 3.56. The third kappa shape index (κ3) is 24.8. The van der Waals surface area contributed by atoms with Gasteiger partial charge in [0.2, 0.25) is 0 Å². The van der Waals surface area contributed by atoms with E-state index < -0.39 is 11.9 Å². The normalized spacial score (nSPS) is 7.39. The van der Waals surface area contributed by atoms with E-state index in [-0.39, 0.29) is 19.5 Å². The summed E-state index contributed by atoms with van der Waals surface area (Å²) >= 11 is 0. The maximum Gasteiger partial charge on any atom is 0.300 e. The zero-order valence-corrected chi connectivity index (χ0v) is 16.2. The second-order valence-corrected chi connectivity index (χ2v) is 3.42. The molecule has 2 aromatic rings. The third-order valence-electron chi connectivity index (χ3n) is 1.47. The van der Waals surface area contributed by atoms with Gasteiger partial charge in [-0.25, -0.2) is 9.97 Å². The fraction of sp³-hybridized carbons (Fsp3) is 0.143. The van der Waals surface area contributed by atoms with Gasteiger partial charge in [-0.15, -0.1) is 0 Å². The largest absolute Gasteiger partial charge is 0.481 e. The summed E-state index contributed by atoms with van der Waals surface area (Å²) in [7, 11) is 0. The van der Waals surface area contributed by atoms with Gasteiger partial charge in [-0.1, -0.05) is 13.2 Å². The van der Waals surface area contributed by atoms with Gasteiger partial charge in [0.1, 0.15) is 0 Å². The number of imidazole rings is 2. The molecule has 0 aliphatic carbocycles. The number of carboxylic acid groups (broad SMARTS) is 2. The van der Waals surface area contributed by atoms with Crippen molar-refractivity contribution in [1.29, 1.82) is 0 Å². The molecule has 0 saturated carbocycles. The molecule has 2 N–H and O–H groups in total. The summed E-state index contributed by atoms with van der Waals surface area (Å²) in [6, 6.07) is 0. The number of aromatic nitrogens is 4. The molecular formula is C14H20N4O4Zn. The van der Waals surface area contributed by atoms with Crippen LogP contribution in [0.25, 0.3) is 12.4 Å². The first-order valence-corrected chi connectivity index (χ1v) is 5.92. The van der Waals surface area contributed by atoms with E-state index in [0.717, 1.165) is 13.8 Å². The Labute approximate surface area is 147 Å². The molecular weight excluding hydrogens is 354 g/mol. The number of rotatable bonds is 2. The van der Waals surface area contributed by atoms with Gasteiger partial charge in [-0.3, -0.25) is 9.59 Å². The van der Waals surface area contributed by atoms with Gasteiger partial charge in [0.05, 0.1) is 12.7 Å². The summed E-state index contributed by atoms with van der Waals surface area (Å²) in [5.41, 5.74) is 0. The fourth-order valence-corrected chi connectivity index (χ4v) is 0.755. The number of hydrogen-bond donors (Lipinski definition) is 2. The first kappa shape index (κ1) is 25.4. The molecule has 23 heavy (non-hydrogen) atoms. The van der Waals surface area contributed by atoms with Crippen molar-refractivity contribution in [2.45, 2.75) is 13.8 Å². The van der Waals surface area contributed by atoms with Crippen molar-refractivity contribution >= 4 is 24.3 Å². The molecule has 0 spiro atoms. The van der Waals surface area contributed by atoms with Crippen LogP contribution in [0.2, 0.25) is 0 Å². The van der Waals surface area contributed by atoms with Gasteiger partial charge in [-0.05, 0) is 0 Å². The van der Waals surface area contributed by atoms with E-state index in [1.807, 2.05) is 12.4 Å². The monoisotopic (exact) mass is 372 g/mol.